The number of phosphoric ester groups is 1. The number of likely N-dealkylation sites (N-methyl/N-ethyl adjacent to an activating group) is 1. The molecule has 0 bridgehead atoms. The Morgan fingerprint density at radius 2 is 0.802 bits per heavy atom. The van der Waals surface area contributed by atoms with E-state index in [1.165, 1.54) is 77.0 Å². The molecule has 0 rings (SSSR count). The molecule has 0 aliphatic heterocycles. The monoisotopic (exact) mass is 1140 g/mol. The number of quaternary nitrogens is 1. The highest BCUT2D eigenvalue weighted by Crippen LogP contribution is 2.43. The first kappa shape index (κ1) is 76.9. The van der Waals surface area contributed by atoms with Gasteiger partial charge in [0.2, 0.25) is 5.91 Å². The number of rotatable bonds is 56. The maximum atomic E-state index is 13.5. The number of phosphoric acid groups is 1. The maximum Gasteiger partial charge on any atom is 0.472 e. The topological polar surface area (TPSA) is 111 Å². The SMILES string of the molecule is CC/C=C\C/C=C\C/C=C\C/C=C\C/C=C\C/C=C\CCC(=O)NC(COP(=O)(O)OCC[N+](C)(C)C)C(/C=C\CCCCCCCCCCC)OC(=O)CCCCCCCCCCC/C=C\C/C=C\C/C=C\C/C=C\C/C=C\CC. The third kappa shape index (κ3) is 60.3. The Bertz CT molecular complexity index is 1890. The van der Waals surface area contributed by atoms with Crippen LogP contribution in [-0.2, 0) is 27.9 Å². The number of hydrogen-bond acceptors (Lipinski definition) is 6. The molecule has 0 aromatic rings. The molecule has 0 spiro atoms. The summed E-state index contributed by atoms with van der Waals surface area (Å²) in [6, 6.07) is -0.902. The van der Waals surface area contributed by atoms with Crippen LogP contribution in [0.5, 0.6) is 0 Å². The van der Waals surface area contributed by atoms with Gasteiger partial charge in [-0.2, -0.15) is 0 Å². The van der Waals surface area contributed by atoms with E-state index in [0.29, 0.717) is 23.9 Å². The molecule has 460 valence electrons. The predicted octanol–water partition coefficient (Wildman–Crippen LogP) is 20.2. The summed E-state index contributed by atoms with van der Waals surface area (Å²) >= 11 is 0. The zero-order valence-corrected chi connectivity index (χ0v) is 53.4. The molecule has 10 heteroatoms. The van der Waals surface area contributed by atoms with Gasteiger partial charge in [0.15, 0.2) is 0 Å². The molecule has 0 aromatic carbocycles. The maximum absolute atomic E-state index is 13.5. The van der Waals surface area contributed by atoms with Crippen molar-refractivity contribution in [1.82, 2.24) is 5.32 Å². The number of amides is 1. The molecule has 3 unspecified atom stereocenters. The molecule has 0 aliphatic carbocycles. The smallest absolute Gasteiger partial charge is 0.456 e. The van der Waals surface area contributed by atoms with Gasteiger partial charge in [0.05, 0.1) is 33.8 Å². The van der Waals surface area contributed by atoms with Crippen molar-refractivity contribution in [1.29, 1.82) is 0 Å². The van der Waals surface area contributed by atoms with Crippen molar-refractivity contribution in [3.63, 3.8) is 0 Å². The molecule has 9 nitrogen and oxygen atoms in total. The number of nitrogens with one attached hydrogen (secondary N) is 1. The minimum atomic E-state index is -4.48. The van der Waals surface area contributed by atoms with E-state index in [0.717, 1.165) is 116 Å². The molecule has 0 aromatic heterocycles. The summed E-state index contributed by atoms with van der Waals surface area (Å²) < 4.78 is 30.6. The lowest BCUT2D eigenvalue weighted by Crippen LogP contribution is -2.47. The fourth-order valence-electron chi connectivity index (χ4n) is 8.40. The van der Waals surface area contributed by atoms with Gasteiger partial charge in [0.25, 0.3) is 0 Å². The average molecular weight is 1140 g/mol. The number of ether oxygens (including phenoxy) is 1. The standard InChI is InChI=1S/C71H119N2O7P/c1-7-10-13-16-19-22-25-27-29-31-33-34-35-36-37-38-40-42-44-46-49-52-55-58-61-64-71(75)80-69(62-59-56-53-50-47-24-21-18-15-12-9-3)68(67-79-81(76,77)78-66-65-73(4,5)6)72-70(74)63-60-57-54-51-48-45-43-41-39-32-30-28-26-23-20-17-14-11-8-2/h10-11,13-14,19-20,22-23,27-30,33-34,36-37,39,41,45,48,54,57,59,62,68-69H,7-9,12,15-18,21,24-26,31-32,35,38,40,42-44,46-47,49-53,55-56,58,60-61,63-67H2,1-6H3,(H-,72,74,76,77)/p+1/b13-10-,14-11-,22-19-,23-20-,29-27-,30-28-,34-33-,37-36-,41-39-,48-45-,57-54-,62-59-. The van der Waals surface area contributed by atoms with Crippen LogP contribution in [0.2, 0.25) is 0 Å². The average Bonchev–Trinajstić information content (AvgIpc) is 3.43. The fourth-order valence-corrected chi connectivity index (χ4v) is 9.14. The molecule has 0 radical (unpaired) electrons. The molecule has 0 heterocycles. The lowest BCUT2D eigenvalue weighted by molar-refractivity contribution is -0.870. The Kier molecular flexibility index (Phi) is 56.1. The second-order valence-electron chi connectivity index (χ2n) is 22.2. The van der Waals surface area contributed by atoms with Crippen molar-refractivity contribution >= 4 is 19.7 Å². The van der Waals surface area contributed by atoms with E-state index in [-0.39, 0.29) is 37.9 Å². The number of carbonyl (C=O) groups excluding carboxylic acids is 2. The van der Waals surface area contributed by atoms with E-state index in [1.807, 2.05) is 39.4 Å². The third-order valence-corrected chi connectivity index (χ3v) is 14.3. The van der Waals surface area contributed by atoms with Crippen LogP contribution in [0.1, 0.15) is 239 Å². The molecule has 3 atom stereocenters. The summed E-state index contributed by atoms with van der Waals surface area (Å²) in [6.45, 7) is 6.70. The first-order valence-electron chi connectivity index (χ1n) is 32.2. The lowest BCUT2D eigenvalue weighted by Gasteiger charge is -2.27. The van der Waals surface area contributed by atoms with Gasteiger partial charge in [-0.3, -0.25) is 18.6 Å². The van der Waals surface area contributed by atoms with Crippen LogP contribution in [0.4, 0.5) is 0 Å². The first-order valence-corrected chi connectivity index (χ1v) is 33.7. The van der Waals surface area contributed by atoms with E-state index in [2.05, 4.69) is 154 Å². The van der Waals surface area contributed by atoms with E-state index < -0.39 is 20.0 Å². The van der Waals surface area contributed by atoms with Gasteiger partial charge in [-0.25, -0.2) is 4.57 Å². The van der Waals surface area contributed by atoms with Gasteiger partial charge in [-0.05, 0) is 115 Å². The Morgan fingerprint density at radius 3 is 1.21 bits per heavy atom. The van der Waals surface area contributed by atoms with E-state index in [4.69, 9.17) is 13.8 Å². The molecule has 0 saturated heterocycles. The van der Waals surface area contributed by atoms with Crippen molar-refractivity contribution < 1.29 is 37.3 Å². The van der Waals surface area contributed by atoms with Crippen LogP contribution in [0.3, 0.4) is 0 Å². The van der Waals surface area contributed by atoms with Gasteiger partial charge in [0.1, 0.15) is 19.3 Å². The van der Waals surface area contributed by atoms with Crippen LogP contribution >= 0.6 is 7.82 Å². The highest BCUT2D eigenvalue weighted by Gasteiger charge is 2.30. The number of esters is 1. The van der Waals surface area contributed by atoms with Crippen LogP contribution in [0, 0.1) is 0 Å². The summed E-state index contributed by atoms with van der Waals surface area (Å²) in [7, 11) is 1.42. The quantitative estimate of drug-likeness (QED) is 0.0205. The zero-order valence-electron chi connectivity index (χ0n) is 52.5. The summed E-state index contributed by atoms with van der Waals surface area (Å²) in [5, 5.41) is 3.00. The Morgan fingerprint density at radius 1 is 0.444 bits per heavy atom. The molecule has 0 fully saturated rings. The molecule has 2 N–H and O–H groups in total. The number of unbranched alkanes of at least 4 members (excludes halogenated alkanes) is 18. The van der Waals surface area contributed by atoms with Gasteiger partial charge < -0.3 is 19.4 Å². The summed E-state index contributed by atoms with van der Waals surface area (Å²) in [5.74, 6) is -0.621. The van der Waals surface area contributed by atoms with Crippen molar-refractivity contribution in [2.75, 3.05) is 40.9 Å². The molecule has 0 aliphatic rings. The number of allylic oxidation sites excluding steroid dienone is 23. The predicted molar refractivity (Wildman–Crippen MR) is 350 cm³/mol. The van der Waals surface area contributed by atoms with E-state index >= 15 is 0 Å². The van der Waals surface area contributed by atoms with Crippen LogP contribution in [0.25, 0.3) is 0 Å². The minimum Gasteiger partial charge on any atom is -0.456 e. The molecule has 81 heavy (non-hydrogen) atoms. The molecule has 1 amide bonds. The largest absolute Gasteiger partial charge is 0.472 e. The normalized spacial score (nSPS) is 14.6. The van der Waals surface area contributed by atoms with Crippen molar-refractivity contribution in [3.05, 3.63) is 146 Å². The van der Waals surface area contributed by atoms with Crippen molar-refractivity contribution in [3.8, 4) is 0 Å². The number of nitrogens with zero attached hydrogens (tertiary/aromatic N) is 1. The lowest BCUT2D eigenvalue weighted by atomic mass is 10.1. The Balaban J connectivity index is 5.26. The van der Waals surface area contributed by atoms with E-state index in [9.17, 15) is 19.0 Å². The second kappa shape index (κ2) is 59.1. The Hall–Kier alpha value is -4.11. The van der Waals surface area contributed by atoms with Gasteiger partial charge >= 0.3 is 13.8 Å². The highest BCUT2D eigenvalue weighted by molar-refractivity contribution is 7.47. The molecule has 0 saturated carbocycles. The highest BCUT2D eigenvalue weighted by atomic mass is 31.2. The zero-order chi connectivity index (χ0) is 59.3. The molecular weight excluding hydrogens is 1020 g/mol. The van der Waals surface area contributed by atoms with Gasteiger partial charge in [0, 0.05) is 12.8 Å². The van der Waals surface area contributed by atoms with Crippen molar-refractivity contribution in [2.24, 2.45) is 0 Å². The fraction of sp³-hybridized carbons (Fsp3) is 0.634. The van der Waals surface area contributed by atoms with Crippen molar-refractivity contribution in [2.45, 2.75) is 251 Å². The van der Waals surface area contributed by atoms with Crippen LogP contribution < -0.4 is 5.32 Å². The van der Waals surface area contributed by atoms with Crippen LogP contribution in [-0.4, -0.2) is 74.3 Å². The second-order valence-corrected chi connectivity index (χ2v) is 23.6. The Labute approximate surface area is 498 Å². The summed E-state index contributed by atoms with van der Waals surface area (Å²) in [4.78, 5) is 37.7. The molecular formula is C71H120N2O7P+. The summed E-state index contributed by atoms with van der Waals surface area (Å²) in [6.07, 6.45) is 85.9. The number of carbonyl (C=O) groups is 2. The minimum absolute atomic E-state index is 0.0176. The van der Waals surface area contributed by atoms with E-state index in [1.54, 1.807) is 0 Å². The third-order valence-electron chi connectivity index (χ3n) is 13.3. The number of hydrogen-bond donors (Lipinski definition) is 2. The van der Waals surface area contributed by atoms with Gasteiger partial charge in [-0.15, -0.1) is 0 Å². The summed E-state index contributed by atoms with van der Waals surface area (Å²) in [5.41, 5.74) is 0. The van der Waals surface area contributed by atoms with Gasteiger partial charge in [-0.1, -0.05) is 257 Å². The first-order chi connectivity index (χ1) is 39.4. The van der Waals surface area contributed by atoms with Crippen LogP contribution in [0.15, 0.2) is 146 Å².